The van der Waals surface area contributed by atoms with Gasteiger partial charge in [-0.1, -0.05) is 56.3 Å². The highest BCUT2D eigenvalue weighted by Crippen LogP contribution is 2.29. The third-order valence-electron chi connectivity index (χ3n) is 5.41. The van der Waals surface area contributed by atoms with Crippen LogP contribution >= 0.6 is 0 Å². The monoisotopic (exact) mass is 476 g/mol. The van der Waals surface area contributed by atoms with E-state index in [2.05, 4.69) is 4.98 Å². The topological polar surface area (TPSA) is 100.0 Å². The number of fused-ring (bicyclic) bond motifs is 1. The zero-order chi connectivity index (χ0) is 24.2. The predicted molar refractivity (Wildman–Crippen MR) is 133 cm³/mol. The van der Waals surface area contributed by atoms with Gasteiger partial charge in [0.05, 0.1) is 11.2 Å². The summed E-state index contributed by atoms with van der Waals surface area (Å²) in [4.78, 5) is 16.2. The maximum absolute atomic E-state index is 11.9. The summed E-state index contributed by atoms with van der Waals surface area (Å²) in [5, 5.41) is 10.6. The number of hydrogen-bond donors (Lipinski definition) is 2. The number of anilines is 1. The highest BCUT2D eigenvalue weighted by Gasteiger charge is 2.32. The van der Waals surface area contributed by atoms with Crippen LogP contribution in [0.2, 0.25) is 0 Å². The van der Waals surface area contributed by atoms with Crippen molar-refractivity contribution in [2.75, 3.05) is 4.31 Å². The van der Waals surface area contributed by atoms with Crippen molar-refractivity contribution in [2.45, 2.75) is 19.9 Å². The Hall–Kier alpha value is -3.75. The average molecular weight is 477 g/mol. The highest BCUT2D eigenvalue weighted by atomic mass is 32.2. The molecule has 4 rings (SSSR count). The first kappa shape index (κ1) is 23.4. The van der Waals surface area contributed by atoms with Crippen LogP contribution in [0.1, 0.15) is 13.8 Å². The van der Waals surface area contributed by atoms with E-state index in [9.17, 15) is 18.7 Å². The fraction of sp³-hybridized carbons (Fsp3) is 0.154. The van der Waals surface area contributed by atoms with Gasteiger partial charge in [-0.25, -0.2) is 14.0 Å². The van der Waals surface area contributed by atoms with Gasteiger partial charge in [0.2, 0.25) is 5.88 Å². The molecular formula is C26H24N2O5S. The van der Waals surface area contributed by atoms with Crippen molar-refractivity contribution < 1.29 is 23.4 Å². The van der Waals surface area contributed by atoms with Crippen molar-refractivity contribution in [3.05, 3.63) is 84.9 Å². The third kappa shape index (κ3) is 5.08. The van der Waals surface area contributed by atoms with E-state index in [1.165, 1.54) is 0 Å². The molecule has 0 aliphatic carbocycles. The van der Waals surface area contributed by atoms with Gasteiger partial charge in [-0.05, 0) is 53.4 Å². The first-order chi connectivity index (χ1) is 16.3. The number of para-hydroxylation sites is 1. The molecule has 0 aliphatic rings. The largest absolute Gasteiger partial charge is 0.480 e. The summed E-state index contributed by atoms with van der Waals surface area (Å²) < 4.78 is 28.6. The Morgan fingerprint density at radius 1 is 0.912 bits per heavy atom. The standard InChI is InChI=1S/C26H24N2O5S/c1-17(2)25(26(29)30)28(34(31)32)21-12-7-18(8-13-21)19-9-14-22(15-10-19)33-24-16-11-20-5-3-4-6-23(20)27-24/h3-17,25H,1-2H3,(H,29,30)(H,31,32). The molecule has 0 saturated carbocycles. The maximum Gasteiger partial charge on any atom is 0.327 e. The lowest BCUT2D eigenvalue weighted by Gasteiger charge is -2.29. The van der Waals surface area contributed by atoms with Crippen molar-refractivity contribution in [1.29, 1.82) is 0 Å². The molecule has 2 N–H and O–H groups in total. The van der Waals surface area contributed by atoms with E-state index >= 15 is 0 Å². The van der Waals surface area contributed by atoms with Crippen LogP contribution in [0.5, 0.6) is 11.6 Å². The lowest BCUT2D eigenvalue weighted by Crippen LogP contribution is -2.45. The second-order valence-corrected chi connectivity index (χ2v) is 8.95. The van der Waals surface area contributed by atoms with Crippen molar-refractivity contribution >= 4 is 33.8 Å². The summed E-state index contributed by atoms with van der Waals surface area (Å²) in [5.41, 5.74) is 3.00. The Morgan fingerprint density at radius 2 is 1.53 bits per heavy atom. The Morgan fingerprint density at radius 3 is 2.12 bits per heavy atom. The third-order valence-corrected chi connectivity index (χ3v) is 6.18. The van der Waals surface area contributed by atoms with Crippen LogP contribution in [0, 0.1) is 5.92 Å². The van der Waals surface area contributed by atoms with E-state index < -0.39 is 23.3 Å². The molecule has 8 heteroatoms. The lowest BCUT2D eigenvalue weighted by molar-refractivity contribution is -0.139. The first-order valence-corrected chi connectivity index (χ1v) is 11.8. The fourth-order valence-electron chi connectivity index (χ4n) is 3.75. The van der Waals surface area contributed by atoms with E-state index in [1.807, 2.05) is 60.7 Å². The van der Waals surface area contributed by atoms with Crippen LogP contribution in [-0.2, 0) is 16.1 Å². The Kier molecular flexibility index (Phi) is 6.90. The molecular weight excluding hydrogens is 452 g/mol. The number of aliphatic carboxylic acids is 1. The molecule has 0 radical (unpaired) electrons. The average Bonchev–Trinajstić information content (AvgIpc) is 2.82. The SMILES string of the molecule is CC(C)C(C(=O)O)N(c1ccc(-c2ccc(Oc3ccc4ccccc4n3)cc2)cc1)S(=O)O. The van der Waals surface area contributed by atoms with Crippen LogP contribution in [0.15, 0.2) is 84.9 Å². The van der Waals surface area contributed by atoms with Crippen LogP contribution in [0.25, 0.3) is 22.0 Å². The molecule has 2 atom stereocenters. The van der Waals surface area contributed by atoms with Gasteiger partial charge in [0, 0.05) is 11.5 Å². The number of hydrogen-bond acceptors (Lipinski definition) is 4. The smallest absolute Gasteiger partial charge is 0.327 e. The van der Waals surface area contributed by atoms with Gasteiger partial charge in [-0.15, -0.1) is 0 Å². The summed E-state index contributed by atoms with van der Waals surface area (Å²) in [6.45, 7) is 3.40. The minimum atomic E-state index is -2.48. The minimum absolute atomic E-state index is 0.355. The number of carbonyl (C=O) groups is 1. The number of carboxylic acids is 1. The summed E-state index contributed by atoms with van der Waals surface area (Å²) in [6, 6.07) is 24.8. The van der Waals surface area contributed by atoms with Gasteiger partial charge in [0.25, 0.3) is 11.3 Å². The number of benzene rings is 3. The number of pyridine rings is 1. The normalized spacial score (nSPS) is 12.9. The summed E-state index contributed by atoms with van der Waals surface area (Å²) in [5.74, 6) is -0.367. The molecule has 0 aliphatic heterocycles. The zero-order valence-corrected chi connectivity index (χ0v) is 19.5. The van der Waals surface area contributed by atoms with Gasteiger partial charge < -0.3 is 9.84 Å². The summed E-state index contributed by atoms with van der Waals surface area (Å²) in [6.07, 6.45) is 0. The second kappa shape index (κ2) is 10.0. The van der Waals surface area contributed by atoms with Gasteiger partial charge in [0.15, 0.2) is 0 Å². The molecule has 0 saturated heterocycles. The second-order valence-electron chi connectivity index (χ2n) is 8.10. The molecule has 1 aromatic heterocycles. The van der Waals surface area contributed by atoms with E-state index in [1.54, 1.807) is 38.1 Å². The number of rotatable bonds is 8. The van der Waals surface area contributed by atoms with Crippen LogP contribution in [0.4, 0.5) is 5.69 Å². The Bertz CT molecular complexity index is 1320. The molecule has 3 aromatic carbocycles. The Balaban J connectivity index is 1.52. The number of aromatic nitrogens is 1. The summed E-state index contributed by atoms with van der Waals surface area (Å²) >= 11 is -2.48. The van der Waals surface area contributed by atoms with Crippen LogP contribution < -0.4 is 9.04 Å². The Labute approximate surface area is 200 Å². The van der Waals surface area contributed by atoms with Gasteiger partial charge in [0.1, 0.15) is 11.8 Å². The first-order valence-electron chi connectivity index (χ1n) is 10.7. The maximum atomic E-state index is 11.9. The van der Waals surface area contributed by atoms with Gasteiger partial charge in [-0.2, -0.15) is 0 Å². The van der Waals surface area contributed by atoms with Crippen LogP contribution in [-0.4, -0.2) is 30.9 Å². The van der Waals surface area contributed by atoms with Crippen molar-refractivity contribution in [2.24, 2.45) is 5.92 Å². The molecule has 0 bridgehead atoms. The van der Waals surface area contributed by atoms with Crippen molar-refractivity contribution in [3.63, 3.8) is 0 Å². The van der Waals surface area contributed by atoms with Crippen molar-refractivity contribution in [1.82, 2.24) is 4.98 Å². The quantitative estimate of drug-likeness (QED) is 0.314. The highest BCUT2D eigenvalue weighted by molar-refractivity contribution is 7.80. The van der Waals surface area contributed by atoms with Crippen LogP contribution in [0.3, 0.4) is 0 Å². The predicted octanol–water partition coefficient (Wildman–Crippen LogP) is 5.75. The molecule has 34 heavy (non-hydrogen) atoms. The van der Waals surface area contributed by atoms with Gasteiger partial charge in [-0.3, -0.25) is 8.86 Å². The van der Waals surface area contributed by atoms with Gasteiger partial charge >= 0.3 is 5.97 Å². The molecule has 1 heterocycles. The lowest BCUT2D eigenvalue weighted by atomic mass is 10.0. The molecule has 4 aromatic rings. The molecule has 0 amide bonds. The molecule has 174 valence electrons. The van der Waals surface area contributed by atoms with Crippen molar-refractivity contribution in [3.8, 4) is 22.8 Å². The zero-order valence-electron chi connectivity index (χ0n) is 18.7. The molecule has 0 fully saturated rings. The number of carboxylic acid groups (broad SMARTS) is 1. The number of ether oxygens (including phenoxy) is 1. The summed E-state index contributed by atoms with van der Waals surface area (Å²) in [7, 11) is 0. The van der Waals surface area contributed by atoms with E-state index in [0.29, 0.717) is 17.3 Å². The number of nitrogens with zero attached hydrogens (tertiary/aromatic N) is 2. The van der Waals surface area contributed by atoms with E-state index in [0.717, 1.165) is 26.3 Å². The molecule has 0 spiro atoms. The molecule has 2 unspecified atom stereocenters. The molecule has 7 nitrogen and oxygen atoms in total. The van der Waals surface area contributed by atoms with E-state index in [4.69, 9.17) is 4.74 Å². The fourth-order valence-corrected chi connectivity index (χ4v) is 4.58. The minimum Gasteiger partial charge on any atom is -0.480 e. The van der Waals surface area contributed by atoms with E-state index in [-0.39, 0.29) is 5.92 Å².